The number of fused-ring (bicyclic) bond motifs is 4. The summed E-state index contributed by atoms with van der Waals surface area (Å²) in [6, 6.07) is 2.76. The number of benzene rings is 1. The number of aromatic nitrogens is 4. The lowest BCUT2D eigenvalue weighted by atomic mass is 10.0. The van der Waals surface area contributed by atoms with Crippen LogP contribution in [0.2, 0.25) is 0 Å². The lowest BCUT2D eigenvalue weighted by Gasteiger charge is -2.37. The average molecular weight is 578 g/mol. The number of rotatable bonds is 6. The maximum absolute atomic E-state index is 14.9. The van der Waals surface area contributed by atoms with Crippen LogP contribution in [0, 0.1) is 11.6 Å². The third-order valence-electron chi connectivity index (χ3n) is 7.61. The van der Waals surface area contributed by atoms with Gasteiger partial charge in [0, 0.05) is 68.8 Å². The van der Waals surface area contributed by atoms with E-state index in [9.17, 15) is 23.5 Å². The fourth-order valence-corrected chi connectivity index (χ4v) is 5.80. The normalized spacial score (nSPS) is 15.8. The highest BCUT2D eigenvalue weighted by molar-refractivity contribution is 6.18. The number of hydrogen-bond acceptors (Lipinski definition) is 8. The molecule has 0 spiro atoms. The molecule has 13 heteroatoms. The van der Waals surface area contributed by atoms with E-state index in [1.54, 1.807) is 25.5 Å². The first-order chi connectivity index (χ1) is 20.1. The zero-order valence-corrected chi connectivity index (χ0v) is 23.5. The number of aromatic amines is 1. The van der Waals surface area contributed by atoms with Gasteiger partial charge in [-0.2, -0.15) is 0 Å². The van der Waals surface area contributed by atoms with Crippen molar-refractivity contribution in [1.82, 2.24) is 24.4 Å². The lowest BCUT2D eigenvalue weighted by molar-refractivity contribution is 0.0249. The number of halogens is 2. The summed E-state index contributed by atoms with van der Waals surface area (Å²) in [5, 5.41) is 13.5. The number of carboxylic acids is 1. The van der Waals surface area contributed by atoms with E-state index in [0.29, 0.717) is 70.6 Å². The predicted molar refractivity (Wildman–Crippen MR) is 157 cm³/mol. The number of nitrogens with one attached hydrogen (secondary N) is 2. The minimum absolute atomic E-state index is 0.0139. The highest BCUT2D eigenvalue weighted by atomic mass is 19.2. The Labute approximate surface area is 238 Å². The molecule has 1 aliphatic heterocycles. The molecule has 1 fully saturated rings. The van der Waals surface area contributed by atoms with Crippen LogP contribution in [0.25, 0.3) is 44.1 Å². The van der Waals surface area contributed by atoms with Gasteiger partial charge in [-0.05, 0) is 26.2 Å². The zero-order chi connectivity index (χ0) is 29.9. The number of H-pyrrole nitrogens is 1. The summed E-state index contributed by atoms with van der Waals surface area (Å²) in [6.07, 6.45) is 4.34. The number of pyridine rings is 3. The number of carbonyl (C=O) groups is 1. The van der Waals surface area contributed by atoms with Gasteiger partial charge in [0.2, 0.25) is 5.43 Å². The number of hydrogen-bond donors (Lipinski definition) is 3. The smallest absolute Gasteiger partial charge is 0.341 e. The number of morpholine rings is 1. The van der Waals surface area contributed by atoms with Gasteiger partial charge in [-0.3, -0.25) is 4.79 Å². The highest BCUT2D eigenvalue weighted by Crippen LogP contribution is 2.43. The highest BCUT2D eigenvalue weighted by Gasteiger charge is 2.28. The molecule has 0 radical (unpaired) electrons. The Balaban J connectivity index is 1.66. The van der Waals surface area contributed by atoms with Crippen molar-refractivity contribution < 1.29 is 23.4 Å². The van der Waals surface area contributed by atoms with Gasteiger partial charge in [0.25, 0.3) is 0 Å². The van der Waals surface area contributed by atoms with Gasteiger partial charge in [-0.15, -0.1) is 0 Å². The van der Waals surface area contributed by atoms with Crippen LogP contribution in [0.15, 0.2) is 35.5 Å². The van der Waals surface area contributed by atoms with Gasteiger partial charge < -0.3 is 34.5 Å². The van der Waals surface area contributed by atoms with E-state index >= 15 is 0 Å². The van der Waals surface area contributed by atoms with Crippen molar-refractivity contribution in [3.8, 4) is 11.1 Å². The molecule has 0 saturated carbocycles. The molecule has 1 unspecified atom stereocenters. The van der Waals surface area contributed by atoms with E-state index in [1.165, 1.54) is 17.8 Å². The Morgan fingerprint density at radius 3 is 2.74 bits per heavy atom. The van der Waals surface area contributed by atoms with E-state index in [4.69, 9.17) is 4.74 Å². The second-order valence-corrected chi connectivity index (χ2v) is 10.7. The molecule has 0 bridgehead atoms. The van der Waals surface area contributed by atoms with Crippen LogP contribution in [-0.2, 0) is 11.8 Å². The predicted octanol–water partition coefficient (Wildman–Crippen LogP) is 3.41. The first kappa shape index (κ1) is 27.5. The van der Waals surface area contributed by atoms with Crippen LogP contribution in [0.3, 0.4) is 0 Å². The quantitative estimate of drug-likeness (QED) is 0.278. The minimum Gasteiger partial charge on any atom is -0.477 e. The number of aryl methyl sites for hydroxylation is 1. The van der Waals surface area contributed by atoms with E-state index in [2.05, 4.69) is 25.2 Å². The van der Waals surface area contributed by atoms with Crippen LogP contribution in [0.1, 0.15) is 10.4 Å². The summed E-state index contributed by atoms with van der Waals surface area (Å²) in [4.78, 5) is 41.3. The fourth-order valence-electron chi connectivity index (χ4n) is 5.80. The average Bonchev–Trinajstić information content (AvgIpc) is 3.32. The third-order valence-corrected chi connectivity index (χ3v) is 7.61. The Morgan fingerprint density at radius 1 is 1.24 bits per heavy atom. The second-order valence-electron chi connectivity index (χ2n) is 10.7. The molecule has 6 rings (SSSR count). The number of aromatic carboxylic acids is 1. The number of carboxylic acid groups (broad SMARTS) is 1. The Morgan fingerprint density at radius 2 is 2.02 bits per heavy atom. The molecule has 1 aromatic carbocycles. The Hall–Kier alpha value is -4.62. The summed E-state index contributed by atoms with van der Waals surface area (Å²) in [5.41, 5.74) is 1.90. The number of likely N-dealkylation sites (N-methyl/N-ethyl adjacent to an activating group) is 1. The molecule has 0 amide bonds. The number of ether oxygens (including phenoxy) is 1. The van der Waals surface area contributed by atoms with Crippen molar-refractivity contribution in [2.24, 2.45) is 7.05 Å². The molecule has 1 saturated heterocycles. The van der Waals surface area contributed by atoms with Gasteiger partial charge in [0.05, 0.1) is 40.4 Å². The zero-order valence-electron chi connectivity index (χ0n) is 23.5. The van der Waals surface area contributed by atoms with Gasteiger partial charge in [0.1, 0.15) is 16.9 Å². The van der Waals surface area contributed by atoms with Crippen molar-refractivity contribution in [3.63, 3.8) is 0 Å². The van der Waals surface area contributed by atoms with Crippen molar-refractivity contribution in [2.75, 3.05) is 57.6 Å². The van der Waals surface area contributed by atoms with Crippen molar-refractivity contribution in [2.45, 2.75) is 6.10 Å². The van der Waals surface area contributed by atoms with E-state index < -0.39 is 23.0 Å². The molecule has 11 nitrogen and oxygen atoms in total. The Bertz CT molecular complexity index is 1950. The Kier molecular flexibility index (Phi) is 6.78. The first-order valence-electron chi connectivity index (χ1n) is 13.3. The summed E-state index contributed by atoms with van der Waals surface area (Å²) < 4.78 is 37.1. The van der Waals surface area contributed by atoms with Crippen LogP contribution >= 0.6 is 0 Å². The van der Waals surface area contributed by atoms with Gasteiger partial charge in [-0.1, -0.05) is 0 Å². The second kappa shape index (κ2) is 10.3. The molecule has 218 valence electrons. The van der Waals surface area contributed by atoms with Crippen LogP contribution in [-0.4, -0.2) is 89.0 Å². The topological polar surface area (TPSA) is 129 Å². The van der Waals surface area contributed by atoms with Crippen LogP contribution < -0.4 is 15.6 Å². The first-order valence-corrected chi connectivity index (χ1v) is 13.3. The van der Waals surface area contributed by atoms with Gasteiger partial charge in [0.15, 0.2) is 11.6 Å². The van der Waals surface area contributed by atoms with Gasteiger partial charge in [-0.25, -0.2) is 23.5 Å². The van der Waals surface area contributed by atoms with Crippen molar-refractivity contribution >= 4 is 50.3 Å². The maximum atomic E-state index is 14.9. The standard InChI is InChI=1S/C29H29F2N7O4/c1-32-24-22(31)20(30)8-16-21-25(38-5-6-42-15(12-38)11-36(2)3)18(10-33-27(21)35-23(16)24)14-7-17-26(39)19(29(40)41)13-37(4)28(17)34-9-14/h7-10,13,15,32H,5-6,11-12H2,1-4H3,(H,33,35)(H,40,41). The molecule has 0 aliphatic carbocycles. The van der Waals surface area contributed by atoms with Gasteiger partial charge >= 0.3 is 5.97 Å². The summed E-state index contributed by atoms with van der Waals surface area (Å²) >= 11 is 0. The van der Waals surface area contributed by atoms with E-state index in [0.717, 1.165) is 6.07 Å². The van der Waals surface area contributed by atoms with Crippen molar-refractivity contribution in [3.05, 3.63) is 58.1 Å². The number of nitrogens with zero attached hydrogens (tertiary/aromatic N) is 5. The molecule has 5 aromatic rings. The largest absolute Gasteiger partial charge is 0.477 e. The number of anilines is 2. The summed E-state index contributed by atoms with van der Waals surface area (Å²) in [6.45, 7) is 2.12. The van der Waals surface area contributed by atoms with Crippen molar-refractivity contribution in [1.29, 1.82) is 0 Å². The SMILES string of the molecule is CNc1c(F)c(F)cc2c1[nH]c1ncc(-c3cnc4c(c3)c(=O)c(C(=O)O)cn4C)c(N3CCOC(CN(C)C)C3)c12. The fraction of sp³-hybridized carbons (Fsp3) is 0.310. The van der Waals surface area contributed by atoms with E-state index in [1.807, 2.05) is 19.0 Å². The molecule has 42 heavy (non-hydrogen) atoms. The summed E-state index contributed by atoms with van der Waals surface area (Å²) in [5.74, 6) is -3.34. The molecular formula is C29H29F2N7O4. The molecule has 4 aromatic heterocycles. The summed E-state index contributed by atoms with van der Waals surface area (Å²) in [7, 11) is 7.06. The minimum atomic E-state index is -1.33. The third kappa shape index (κ3) is 4.41. The monoisotopic (exact) mass is 577 g/mol. The molecule has 5 heterocycles. The maximum Gasteiger partial charge on any atom is 0.341 e. The lowest BCUT2D eigenvalue weighted by Crippen LogP contribution is -2.46. The molecular weight excluding hydrogens is 548 g/mol. The van der Waals surface area contributed by atoms with Crippen LogP contribution in [0.5, 0.6) is 0 Å². The molecule has 1 aliphatic rings. The van der Waals surface area contributed by atoms with Crippen LogP contribution in [0.4, 0.5) is 20.2 Å². The molecule has 1 atom stereocenters. The van der Waals surface area contributed by atoms with E-state index in [-0.39, 0.29) is 22.7 Å². The molecule has 3 N–H and O–H groups in total.